The van der Waals surface area contributed by atoms with Crippen LogP contribution < -0.4 is 16.6 Å². The molecule has 28 heavy (non-hydrogen) atoms. The second-order valence-electron chi connectivity index (χ2n) is 6.17. The fourth-order valence-electron chi connectivity index (χ4n) is 2.90. The Kier molecular flexibility index (Phi) is 4.81. The first-order valence-corrected chi connectivity index (χ1v) is 9.10. The van der Waals surface area contributed by atoms with Gasteiger partial charge >= 0.3 is 17.9 Å². The van der Waals surface area contributed by atoms with Crippen LogP contribution in [0.15, 0.2) is 9.59 Å². The number of ether oxygens (including phenoxy) is 1. The van der Waals surface area contributed by atoms with Gasteiger partial charge in [0.1, 0.15) is 11.4 Å². The summed E-state index contributed by atoms with van der Waals surface area (Å²) in [5.41, 5.74) is -2.22. The molecule has 1 saturated heterocycles. The molecule has 2 aromatic rings. The number of aromatic nitrogens is 2. The number of rotatable bonds is 6. The molecule has 0 spiro atoms. The minimum absolute atomic E-state index is 0.00701. The van der Waals surface area contributed by atoms with Gasteiger partial charge in [0, 0.05) is 25.1 Å². The van der Waals surface area contributed by atoms with Gasteiger partial charge in [0.25, 0.3) is 5.56 Å². The van der Waals surface area contributed by atoms with E-state index in [2.05, 4.69) is 5.32 Å². The lowest BCUT2D eigenvalue weighted by molar-refractivity contribution is -0.141. The van der Waals surface area contributed by atoms with Crippen molar-refractivity contribution >= 4 is 27.6 Å². The summed E-state index contributed by atoms with van der Waals surface area (Å²) < 4.78 is 61.8. The van der Waals surface area contributed by atoms with Crippen molar-refractivity contribution in [3.8, 4) is 0 Å². The SMILES string of the molecule is [2H]C([2H])(c1sc2c(c1C)c(=O)n(CC(F)(F)F)c(=O)n2CCOC)N1CCNC1=O. The highest BCUT2D eigenvalue weighted by molar-refractivity contribution is 7.18. The molecule has 0 bridgehead atoms. The van der Waals surface area contributed by atoms with Crippen molar-refractivity contribution in [3.63, 3.8) is 0 Å². The molecule has 154 valence electrons. The molecule has 0 aromatic carbocycles. The minimum atomic E-state index is -4.80. The molecule has 3 rings (SSSR count). The number of carbonyl (C=O) groups excluding carboxylic acids is 1. The Morgan fingerprint density at radius 1 is 1.29 bits per heavy atom. The first-order chi connectivity index (χ1) is 13.9. The predicted octanol–water partition coefficient (Wildman–Crippen LogP) is 1.27. The average Bonchev–Trinajstić information content (AvgIpc) is 3.22. The third-order valence-corrected chi connectivity index (χ3v) is 5.46. The lowest BCUT2D eigenvalue weighted by Gasteiger charge is -2.13. The summed E-state index contributed by atoms with van der Waals surface area (Å²) in [5.74, 6) is 0. The second-order valence-corrected chi connectivity index (χ2v) is 7.16. The highest BCUT2D eigenvalue weighted by atomic mass is 32.1. The van der Waals surface area contributed by atoms with Gasteiger partial charge in [-0.2, -0.15) is 13.2 Å². The largest absolute Gasteiger partial charge is 0.406 e. The summed E-state index contributed by atoms with van der Waals surface area (Å²) in [6.07, 6.45) is -4.80. The van der Waals surface area contributed by atoms with E-state index in [9.17, 15) is 27.6 Å². The van der Waals surface area contributed by atoms with Crippen LogP contribution in [-0.2, 0) is 24.3 Å². The number of hydrogen-bond donors (Lipinski definition) is 1. The fraction of sp³-hybridized carbons (Fsp3) is 0.562. The van der Waals surface area contributed by atoms with E-state index in [-0.39, 0.29) is 51.5 Å². The van der Waals surface area contributed by atoms with Crippen LogP contribution in [0.25, 0.3) is 10.2 Å². The van der Waals surface area contributed by atoms with Crippen molar-refractivity contribution in [2.45, 2.75) is 32.7 Å². The highest BCUT2D eigenvalue weighted by Crippen LogP contribution is 2.29. The van der Waals surface area contributed by atoms with E-state index in [1.807, 2.05) is 0 Å². The van der Waals surface area contributed by atoms with Crippen LogP contribution in [0.4, 0.5) is 18.0 Å². The van der Waals surface area contributed by atoms with Crippen LogP contribution >= 0.6 is 11.3 Å². The van der Waals surface area contributed by atoms with E-state index in [4.69, 9.17) is 7.48 Å². The molecule has 3 heterocycles. The van der Waals surface area contributed by atoms with Crippen LogP contribution in [0, 0.1) is 6.92 Å². The number of urea groups is 1. The van der Waals surface area contributed by atoms with Crippen molar-refractivity contribution in [2.75, 3.05) is 26.8 Å². The molecule has 0 aliphatic carbocycles. The number of hydrogen-bond acceptors (Lipinski definition) is 5. The van der Waals surface area contributed by atoms with E-state index < -0.39 is 36.5 Å². The van der Waals surface area contributed by atoms with Crippen molar-refractivity contribution in [3.05, 3.63) is 31.3 Å². The molecule has 0 saturated carbocycles. The average molecular weight is 422 g/mol. The van der Waals surface area contributed by atoms with E-state index in [0.29, 0.717) is 0 Å². The maximum absolute atomic E-state index is 13.0. The van der Waals surface area contributed by atoms with E-state index in [0.717, 1.165) is 20.8 Å². The molecule has 2 amide bonds. The summed E-state index contributed by atoms with van der Waals surface area (Å²) in [6.45, 7) is -2.52. The summed E-state index contributed by atoms with van der Waals surface area (Å²) in [6, 6.07) is -0.636. The topological polar surface area (TPSA) is 85.6 Å². The van der Waals surface area contributed by atoms with Crippen LogP contribution in [0.1, 0.15) is 13.2 Å². The van der Waals surface area contributed by atoms with Crippen molar-refractivity contribution in [1.29, 1.82) is 0 Å². The number of nitrogens with one attached hydrogen (secondary N) is 1. The minimum Gasteiger partial charge on any atom is -0.383 e. The maximum Gasteiger partial charge on any atom is 0.406 e. The van der Waals surface area contributed by atoms with Gasteiger partial charge in [-0.25, -0.2) is 9.59 Å². The predicted molar refractivity (Wildman–Crippen MR) is 96.8 cm³/mol. The maximum atomic E-state index is 13.0. The summed E-state index contributed by atoms with van der Waals surface area (Å²) >= 11 is 0.768. The third-order valence-electron chi connectivity index (χ3n) is 4.24. The van der Waals surface area contributed by atoms with Crippen LogP contribution in [0.5, 0.6) is 0 Å². The summed E-state index contributed by atoms with van der Waals surface area (Å²) in [7, 11) is 1.35. The van der Waals surface area contributed by atoms with Crippen molar-refractivity contribution < 1.29 is 25.4 Å². The number of methoxy groups -OCH3 is 1. The monoisotopic (exact) mass is 422 g/mol. The zero-order chi connectivity index (χ0) is 22.4. The van der Waals surface area contributed by atoms with Gasteiger partial charge in [0.2, 0.25) is 0 Å². The van der Waals surface area contributed by atoms with Gasteiger partial charge < -0.3 is 15.0 Å². The Hall–Kier alpha value is -2.34. The molecule has 1 aliphatic rings. The first kappa shape index (κ1) is 17.7. The van der Waals surface area contributed by atoms with E-state index in [1.54, 1.807) is 0 Å². The van der Waals surface area contributed by atoms with Crippen LogP contribution in [0.2, 0.25) is 0 Å². The summed E-state index contributed by atoms with van der Waals surface area (Å²) in [5, 5.41) is 2.30. The number of halogens is 3. The normalized spacial score (nSPS) is 16.5. The Morgan fingerprint density at radius 2 is 2.00 bits per heavy atom. The number of thiophene rings is 1. The number of amides is 2. The van der Waals surface area contributed by atoms with Gasteiger partial charge in [0.05, 0.1) is 27.8 Å². The number of carbonyl (C=O) groups is 1. The van der Waals surface area contributed by atoms with Crippen LogP contribution in [-0.4, -0.2) is 53.0 Å². The third kappa shape index (κ3) is 3.78. The summed E-state index contributed by atoms with van der Waals surface area (Å²) in [4.78, 5) is 38.4. The molecule has 0 radical (unpaired) electrons. The molecule has 1 fully saturated rings. The smallest absolute Gasteiger partial charge is 0.383 e. The Labute approximate surface area is 163 Å². The standard InChI is InChI=1S/C16H19F3N4O4S/c1-9-10(7-21-4-3-20-14(21)25)28-13-11(9)12(24)23(8-16(17,18)19)15(26)22(13)5-6-27-2/h3-8H2,1-2H3,(H,20,25)/i7D2. The quantitative estimate of drug-likeness (QED) is 0.760. The number of aryl methyl sites for hydroxylation is 1. The van der Waals surface area contributed by atoms with Gasteiger partial charge in [-0.1, -0.05) is 0 Å². The fourth-order valence-corrected chi connectivity index (χ4v) is 4.13. The molecule has 12 heteroatoms. The highest BCUT2D eigenvalue weighted by Gasteiger charge is 2.32. The molecule has 2 aromatic heterocycles. The number of fused-ring (bicyclic) bond motifs is 1. The van der Waals surface area contributed by atoms with Gasteiger partial charge in [-0.3, -0.25) is 13.9 Å². The zero-order valence-electron chi connectivity index (χ0n) is 17.1. The molecule has 8 nitrogen and oxygen atoms in total. The van der Waals surface area contributed by atoms with E-state index >= 15 is 0 Å². The van der Waals surface area contributed by atoms with E-state index in [1.165, 1.54) is 14.0 Å². The number of alkyl halides is 3. The molecule has 0 unspecified atom stereocenters. The molecule has 0 atom stereocenters. The molecular formula is C16H19F3N4O4S. The van der Waals surface area contributed by atoms with Crippen LogP contribution in [0.3, 0.4) is 0 Å². The zero-order valence-corrected chi connectivity index (χ0v) is 15.9. The van der Waals surface area contributed by atoms with Crippen molar-refractivity contribution in [1.82, 2.24) is 19.4 Å². The Balaban J connectivity index is 2.31. The van der Waals surface area contributed by atoms with Gasteiger partial charge in [-0.15, -0.1) is 11.3 Å². The lowest BCUT2D eigenvalue weighted by Crippen LogP contribution is -2.43. The molecule has 1 N–H and O–H groups in total. The number of nitrogens with zero attached hydrogens (tertiary/aromatic N) is 3. The Bertz CT molecular complexity index is 1110. The molecular weight excluding hydrogens is 401 g/mol. The first-order valence-electron chi connectivity index (χ1n) is 9.28. The second kappa shape index (κ2) is 7.59. The Morgan fingerprint density at radius 3 is 2.57 bits per heavy atom. The van der Waals surface area contributed by atoms with Gasteiger partial charge in [-0.05, 0) is 12.5 Å². The van der Waals surface area contributed by atoms with Gasteiger partial charge in [0.15, 0.2) is 0 Å². The molecule has 1 aliphatic heterocycles. The van der Waals surface area contributed by atoms with Crippen molar-refractivity contribution in [2.24, 2.45) is 0 Å². The lowest BCUT2D eigenvalue weighted by atomic mass is 10.2.